The summed E-state index contributed by atoms with van der Waals surface area (Å²) in [4.78, 5) is 19.2. The van der Waals surface area contributed by atoms with Gasteiger partial charge in [0.2, 0.25) is 0 Å². The summed E-state index contributed by atoms with van der Waals surface area (Å²) >= 11 is 0. The molecule has 2 aromatic rings. The van der Waals surface area contributed by atoms with Crippen LogP contribution in [0.25, 0.3) is 0 Å². The number of nitrogens with one attached hydrogen (secondary N) is 1. The highest BCUT2D eigenvalue weighted by Gasteiger charge is 2.28. The van der Waals surface area contributed by atoms with Gasteiger partial charge in [-0.2, -0.15) is 0 Å². The van der Waals surface area contributed by atoms with Gasteiger partial charge in [-0.15, -0.1) is 0 Å². The van der Waals surface area contributed by atoms with Gasteiger partial charge in [0.1, 0.15) is 11.6 Å². The van der Waals surface area contributed by atoms with Crippen LogP contribution in [0.15, 0.2) is 30.5 Å². The van der Waals surface area contributed by atoms with Crippen molar-refractivity contribution in [1.29, 1.82) is 0 Å². The highest BCUT2D eigenvalue weighted by molar-refractivity contribution is 5.91. The van der Waals surface area contributed by atoms with E-state index in [0.717, 1.165) is 44.0 Å². The number of benzene rings is 1. The van der Waals surface area contributed by atoms with Gasteiger partial charge in [-0.05, 0) is 38.3 Å². The molecule has 1 unspecified atom stereocenters. The van der Waals surface area contributed by atoms with Crippen LogP contribution in [-0.2, 0) is 17.7 Å². The molecule has 152 valence electrons. The Morgan fingerprint density at radius 1 is 1.36 bits per heavy atom. The zero-order chi connectivity index (χ0) is 19.9. The summed E-state index contributed by atoms with van der Waals surface area (Å²) in [7, 11) is 1.71. The van der Waals surface area contributed by atoms with Crippen LogP contribution in [-0.4, -0.2) is 53.9 Å². The van der Waals surface area contributed by atoms with Crippen LogP contribution in [0.5, 0.6) is 5.75 Å². The van der Waals surface area contributed by atoms with E-state index in [9.17, 15) is 4.79 Å². The predicted molar refractivity (Wildman–Crippen MR) is 109 cm³/mol. The van der Waals surface area contributed by atoms with E-state index in [1.807, 2.05) is 42.3 Å². The van der Waals surface area contributed by atoms with Gasteiger partial charge in [-0.25, -0.2) is 9.78 Å². The van der Waals surface area contributed by atoms with Crippen molar-refractivity contribution >= 4 is 11.7 Å². The molecule has 0 saturated carbocycles. The minimum atomic E-state index is -0.0754. The number of hydrogen-bond donors (Lipinski definition) is 1. The molecule has 2 heterocycles. The molecule has 28 heavy (non-hydrogen) atoms. The molecule has 1 aromatic carbocycles. The molecule has 2 amide bonds. The van der Waals surface area contributed by atoms with Crippen LogP contribution in [0.1, 0.15) is 24.9 Å². The fourth-order valence-corrected chi connectivity index (χ4v) is 3.65. The highest BCUT2D eigenvalue weighted by atomic mass is 16.5. The van der Waals surface area contributed by atoms with E-state index >= 15 is 0 Å². The zero-order valence-corrected chi connectivity index (χ0v) is 17.0. The molecule has 0 aliphatic carbocycles. The Labute approximate surface area is 166 Å². The lowest BCUT2D eigenvalue weighted by molar-refractivity contribution is 0.185. The summed E-state index contributed by atoms with van der Waals surface area (Å²) in [6.07, 6.45) is 3.77. The topological polar surface area (TPSA) is 68.6 Å². The number of ether oxygens (including phenoxy) is 2. The van der Waals surface area contributed by atoms with E-state index < -0.39 is 0 Å². The number of amides is 2. The van der Waals surface area contributed by atoms with Gasteiger partial charge >= 0.3 is 6.03 Å². The van der Waals surface area contributed by atoms with E-state index in [4.69, 9.17) is 9.47 Å². The first-order valence-corrected chi connectivity index (χ1v) is 9.90. The first-order chi connectivity index (χ1) is 13.6. The smallest absolute Gasteiger partial charge is 0.321 e. The summed E-state index contributed by atoms with van der Waals surface area (Å²) in [5.41, 5.74) is 1.86. The molecule has 1 atom stereocenters. The van der Waals surface area contributed by atoms with Crippen LogP contribution in [0.3, 0.4) is 0 Å². The fraction of sp³-hybridized carbons (Fsp3) is 0.524. The Morgan fingerprint density at radius 2 is 2.18 bits per heavy atom. The number of imidazole rings is 1. The lowest BCUT2D eigenvalue weighted by Crippen LogP contribution is -2.33. The van der Waals surface area contributed by atoms with Crippen molar-refractivity contribution in [3.63, 3.8) is 0 Å². The normalized spacial score (nSPS) is 16.4. The predicted octanol–water partition coefficient (Wildman–Crippen LogP) is 3.33. The summed E-state index contributed by atoms with van der Waals surface area (Å²) < 4.78 is 13.0. The van der Waals surface area contributed by atoms with Crippen LogP contribution in [0.2, 0.25) is 0 Å². The summed E-state index contributed by atoms with van der Waals surface area (Å²) in [6.45, 7) is 7.53. The second-order valence-electron chi connectivity index (χ2n) is 7.12. The highest BCUT2D eigenvalue weighted by Crippen LogP contribution is 2.26. The number of rotatable bonds is 8. The molecule has 1 fully saturated rings. The first-order valence-electron chi connectivity index (χ1n) is 9.90. The lowest BCUT2D eigenvalue weighted by Gasteiger charge is -2.19. The van der Waals surface area contributed by atoms with Gasteiger partial charge in [0.25, 0.3) is 0 Å². The maximum absolute atomic E-state index is 12.7. The van der Waals surface area contributed by atoms with E-state index in [1.54, 1.807) is 7.11 Å². The Hall–Kier alpha value is -2.54. The van der Waals surface area contributed by atoms with Crippen molar-refractivity contribution in [3.8, 4) is 5.75 Å². The molecule has 3 rings (SSSR count). The number of carbonyl (C=O) groups is 1. The van der Waals surface area contributed by atoms with Crippen molar-refractivity contribution in [2.45, 2.75) is 33.2 Å². The van der Waals surface area contributed by atoms with E-state index in [-0.39, 0.29) is 6.03 Å². The molecule has 1 N–H and O–H groups in total. The van der Waals surface area contributed by atoms with Gasteiger partial charge in [-0.1, -0.05) is 12.1 Å². The molecular formula is C21H30N4O3. The van der Waals surface area contributed by atoms with Crippen molar-refractivity contribution in [3.05, 3.63) is 42.0 Å². The monoisotopic (exact) mass is 386 g/mol. The number of nitrogens with zero attached hydrogens (tertiary/aromatic N) is 3. The zero-order valence-electron chi connectivity index (χ0n) is 17.0. The molecule has 0 bridgehead atoms. The van der Waals surface area contributed by atoms with Gasteiger partial charge < -0.3 is 24.3 Å². The number of hydrogen-bond acceptors (Lipinski definition) is 4. The number of likely N-dealkylation sites (tertiary alicyclic amines) is 1. The van der Waals surface area contributed by atoms with Crippen molar-refractivity contribution in [1.82, 2.24) is 14.5 Å². The summed E-state index contributed by atoms with van der Waals surface area (Å²) in [6, 6.07) is 7.46. The molecular weight excluding hydrogens is 356 g/mol. The fourth-order valence-electron chi connectivity index (χ4n) is 3.65. The van der Waals surface area contributed by atoms with Crippen molar-refractivity contribution in [2.75, 3.05) is 38.7 Å². The molecule has 7 nitrogen and oxygen atoms in total. The average molecular weight is 386 g/mol. The lowest BCUT2D eigenvalue weighted by atomic mass is 10.0. The third kappa shape index (κ3) is 4.84. The third-order valence-corrected chi connectivity index (χ3v) is 5.13. The number of aromatic nitrogens is 2. The SMILES string of the molecule is CCOc1ccccc1NC(=O)N1CCC(Cc2ncc(C)n2CCOC)C1. The van der Waals surface area contributed by atoms with Gasteiger partial charge in [0, 0.05) is 45.1 Å². The number of methoxy groups -OCH3 is 1. The van der Waals surface area contributed by atoms with Gasteiger partial charge in [-0.3, -0.25) is 0 Å². The second kappa shape index (κ2) is 9.59. The number of urea groups is 1. The van der Waals surface area contributed by atoms with E-state index in [1.165, 1.54) is 0 Å². The van der Waals surface area contributed by atoms with Gasteiger partial charge in [0.05, 0.1) is 18.9 Å². The second-order valence-corrected chi connectivity index (χ2v) is 7.12. The molecule has 0 radical (unpaired) electrons. The van der Waals surface area contributed by atoms with Crippen LogP contribution >= 0.6 is 0 Å². The summed E-state index contributed by atoms with van der Waals surface area (Å²) in [5.74, 6) is 2.18. The number of anilines is 1. The van der Waals surface area contributed by atoms with E-state index in [0.29, 0.717) is 30.6 Å². The van der Waals surface area contributed by atoms with Crippen molar-refractivity contribution in [2.24, 2.45) is 5.92 Å². The van der Waals surface area contributed by atoms with Crippen LogP contribution in [0, 0.1) is 12.8 Å². The Kier molecular flexibility index (Phi) is 6.92. The maximum Gasteiger partial charge on any atom is 0.321 e. The number of para-hydroxylation sites is 2. The Morgan fingerprint density at radius 3 is 2.96 bits per heavy atom. The quantitative estimate of drug-likeness (QED) is 0.756. The minimum Gasteiger partial charge on any atom is -0.492 e. The van der Waals surface area contributed by atoms with Crippen LogP contribution < -0.4 is 10.1 Å². The molecule has 7 heteroatoms. The van der Waals surface area contributed by atoms with Crippen molar-refractivity contribution < 1.29 is 14.3 Å². The van der Waals surface area contributed by atoms with Crippen LogP contribution in [0.4, 0.5) is 10.5 Å². The van der Waals surface area contributed by atoms with Gasteiger partial charge in [0.15, 0.2) is 0 Å². The first kappa shape index (κ1) is 20.2. The molecule has 0 spiro atoms. The minimum absolute atomic E-state index is 0.0754. The largest absolute Gasteiger partial charge is 0.492 e. The average Bonchev–Trinajstić information content (AvgIpc) is 3.29. The molecule has 1 aliphatic heterocycles. The number of carbonyl (C=O) groups excluding carboxylic acids is 1. The summed E-state index contributed by atoms with van der Waals surface area (Å²) in [5, 5.41) is 2.99. The molecule has 1 aromatic heterocycles. The third-order valence-electron chi connectivity index (χ3n) is 5.13. The molecule has 1 aliphatic rings. The Bertz CT molecular complexity index is 790. The Balaban J connectivity index is 1.58. The molecule has 1 saturated heterocycles. The maximum atomic E-state index is 12.7. The number of aryl methyl sites for hydroxylation is 1. The van der Waals surface area contributed by atoms with E-state index in [2.05, 4.69) is 21.8 Å². The standard InChI is InChI=1S/C21H30N4O3/c1-4-28-19-8-6-5-7-18(19)23-21(26)24-10-9-17(15-24)13-20-22-14-16(2)25(20)11-12-27-3/h5-8,14,17H,4,9-13,15H2,1-3H3,(H,23,26).